The highest BCUT2D eigenvalue weighted by molar-refractivity contribution is 5.46. The summed E-state index contributed by atoms with van der Waals surface area (Å²) in [5, 5.41) is 3.04. The minimum absolute atomic E-state index is 0.0399. The summed E-state index contributed by atoms with van der Waals surface area (Å²) < 4.78 is 27.0. The van der Waals surface area contributed by atoms with Gasteiger partial charge in [-0.3, -0.25) is 0 Å². The van der Waals surface area contributed by atoms with Crippen molar-refractivity contribution in [2.45, 2.75) is 51.0 Å². The molecule has 0 radical (unpaired) electrons. The van der Waals surface area contributed by atoms with Gasteiger partial charge < -0.3 is 5.32 Å². The van der Waals surface area contributed by atoms with Crippen molar-refractivity contribution in [1.29, 1.82) is 0 Å². The van der Waals surface area contributed by atoms with E-state index in [9.17, 15) is 8.78 Å². The molecule has 1 aromatic carbocycles. The molecular weight excluding hydrogens is 220 g/mol. The first kappa shape index (κ1) is 12.3. The van der Waals surface area contributed by atoms with Crippen molar-refractivity contribution in [3.8, 4) is 0 Å². The SMILES string of the molecule is Fc1cccc(F)c1NC1CCCCCCC1. The molecule has 1 nitrogen and oxygen atoms in total. The molecule has 1 fully saturated rings. The lowest BCUT2D eigenvalue weighted by molar-refractivity contribution is 0.467. The van der Waals surface area contributed by atoms with Crippen LogP contribution in [0, 0.1) is 11.6 Å². The molecule has 0 spiro atoms. The van der Waals surface area contributed by atoms with Crippen molar-refractivity contribution in [3.05, 3.63) is 29.8 Å². The molecule has 17 heavy (non-hydrogen) atoms. The Morgan fingerprint density at radius 2 is 1.41 bits per heavy atom. The predicted octanol–water partition coefficient (Wildman–Crippen LogP) is 4.49. The van der Waals surface area contributed by atoms with E-state index >= 15 is 0 Å². The Morgan fingerprint density at radius 3 is 2.00 bits per heavy atom. The van der Waals surface area contributed by atoms with Crippen molar-refractivity contribution in [2.75, 3.05) is 5.32 Å². The lowest BCUT2D eigenvalue weighted by atomic mass is 9.96. The first-order chi connectivity index (χ1) is 8.27. The summed E-state index contributed by atoms with van der Waals surface area (Å²) in [7, 11) is 0. The zero-order valence-electron chi connectivity index (χ0n) is 10.0. The molecule has 94 valence electrons. The van der Waals surface area contributed by atoms with Crippen LogP contribution in [-0.2, 0) is 0 Å². The number of anilines is 1. The third-order valence-electron chi connectivity index (χ3n) is 3.42. The predicted molar refractivity (Wildman–Crippen MR) is 66.1 cm³/mol. The Balaban J connectivity index is 2.03. The minimum atomic E-state index is -0.493. The summed E-state index contributed by atoms with van der Waals surface area (Å²) in [6.07, 6.45) is 8.07. The second-order valence-corrected chi connectivity index (χ2v) is 4.78. The third-order valence-corrected chi connectivity index (χ3v) is 3.42. The number of halogens is 2. The van der Waals surface area contributed by atoms with Gasteiger partial charge in [-0.05, 0) is 25.0 Å². The highest BCUT2D eigenvalue weighted by atomic mass is 19.1. The van der Waals surface area contributed by atoms with Gasteiger partial charge in [0.15, 0.2) is 0 Å². The van der Waals surface area contributed by atoms with Gasteiger partial charge in [0.25, 0.3) is 0 Å². The van der Waals surface area contributed by atoms with E-state index < -0.39 is 11.6 Å². The lowest BCUT2D eigenvalue weighted by Gasteiger charge is -2.22. The summed E-state index contributed by atoms with van der Waals surface area (Å²) in [6, 6.07) is 4.21. The van der Waals surface area contributed by atoms with Gasteiger partial charge in [0.05, 0.1) is 0 Å². The van der Waals surface area contributed by atoms with E-state index in [-0.39, 0.29) is 11.7 Å². The molecule has 0 unspecified atom stereocenters. The van der Waals surface area contributed by atoms with Crippen LogP contribution in [0.5, 0.6) is 0 Å². The van der Waals surface area contributed by atoms with Gasteiger partial charge in [-0.2, -0.15) is 0 Å². The van der Waals surface area contributed by atoms with Crippen LogP contribution in [0.25, 0.3) is 0 Å². The number of hydrogen-bond acceptors (Lipinski definition) is 1. The molecule has 1 aliphatic carbocycles. The van der Waals surface area contributed by atoms with Crippen LogP contribution in [-0.4, -0.2) is 6.04 Å². The van der Waals surface area contributed by atoms with E-state index in [1.807, 2.05) is 0 Å². The zero-order chi connectivity index (χ0) is 12.1. The average Bonchev–Trinajstić information content (AvgIpc) is 2.26. The van der Waals surface area contributed by atoms with Crippen molar-refractivity contribution < 1.29 is 8.78 Å². The second kappa shape index (κ2) is 5.99. The number of rotatable bonds is 2. The Hall–Kier alpha value is -1.12. The van der Waals surface area contributed by atoms with Crippen molar-refractivity contribution in [1.82, 2.24) is 0 Å². The van der Waals surface area contributed by atoms with Crippen LogP contribution in [0.4, 0.5) is 14.5 Å². The van der Waals surface area contributed by atoms with Crippen LogP contribution in [0.1, 0.15) is 44.9 Å². The summed E-state index contributed by atoms with van der Waals surface area (Å²) in [6.45, 7) is 0. The van der Waals surface area contributed by atoms with Crippen LogP contribution in [0.15, 0.2) is 18.2 Å². The first-order valence-electron chi connectivity index (χ1n) is 6.48. The van der Waals surface area contributed by atoms with Crippen molar-refractivity contribution in [3.63, 3.8) is 0 Å². The highest BCUT2D eigenvalue weighted by Crippen LogP contribution is 2.24. The molecular formula is C14H19F2N. The van der Waals surface area contributed by atoms with Crippen LogP contribution < -0.4 is 5.32 Å². The van der Waals surface area contributed by atoms with Gasteiger partial charge in [-0.1, -0.05) is 38.2 Å². The largest absolute Gasteiger partial charge is 0.378 e. The lowest BCUT2D eigenvalue weighted by Crippen LogP contribution is -2.22. The summed E-state index contributed by atoms with van der Waals surface area (Å²) in [5.41, 5.74) is 0.0399. The molecule has 0 bridgehead atoms. The molecule has 1 aliphatic rings. The van der Waals surface area contributed by atoms with Crippen LogP contribution in [0.3, 0.4) is 0 Å². The number of benzene rings is 1. The van der Waals surface area contributed by atoms with Gasteiger partial charge >= 0.3 is 0 Å². The van der Waals surface area contributed by atoms with Crippen molar-refractivity contribution in [2.24, 2.45) is 0 Å². The maximum atomic E-state index is 13.5. The molecule has 2 rings (SSSR count). The molecule has 1 saturated carbocycles. The fraction of sp³-hybridized carbons (Fsp3) is 0.571. The topological polar surface area (TPSA) is 12.0 Å². The molecule has 0 heterocycles. The number of nitrogens with one attached hydrogen (secondary N) is 1. The van der Waals surface area contributed by atoms with Crippen LogP contribution >= 0.6 is 0 Å². The molecule has 0 amide bonds. The molecule has 0 atom stereocenters. The first-order valence-corrected chi connectivity index (χ1v) is 6.48. The number of para-hydroxylation sites is 1. The fourth-order valence-corrected chi connectivity index (χ4v) is 2.44. The van der Waals surface area contributed by atoms with Gasteiger partial charge in [0.2, 0.25) is 0 Å². The monoisotopic (exact) mass is 239 g/mol. The molecule has 0 aromatic heterocycles. The number of hydrogen-bond donors (Lipinski definition) is 1. The molecule has 1 N–H and O–H groups in total. The van der Waals surface area contributed by atoms with E-state index in [4.69, 9.17) is 0 Å². The zero-order valence-corrected chi connectivity index (χ0v) is 10.0. The Bertz CT molecular complexity index is 337. The van der Waals surface area contributed by atoms with E-state index in [0.29, 0.717) is 0 Å². The highest BCUT2D eigenvalue weighted by Gasteiger charge is 2.15. The molecule has 1 aromatic rings. The summed E-state index contributed by atoms with van der Waals surface area (Å²) in [5.74, 6) is -0.987. The van der Waals surface area contributed by atoms with E-state index in [1.165, 1.54) is 37.5 Å². The van der Waals surface area contributed by atoms with E-state index in [0.717, 1.165) is 25.7 Å². The Morgan fingerprint density at radius 1 is 0.882 bits per heavy atom. The van der Waals surface area contributed by atoms with Gasteiger partial charge in [-0.25, -0.2) is 8.78 Å². The average molecular weight is 239 g/mol. The Labute approximate surface area is 101 Å². The standard InChI is InChI=1S/C14H19F2N/c15-12-9-6-10-13(16)14(12)17-11-7-4-2-1-3-5-8-11/h6,9-11,17H,1-5,7-8H2. The van der Waals surface area contributed by atoms with Gasteiger partial charge in [0, 0.05) is 6.04 Å². The smallest absolute Gasteiger partial charge is 0.149 e. The van der Waals surface area contributed by atoms with E-state index in [1.54, 1.807) is 0 Å². The second-order valence-electron chi connectivity index (χ2n) is 4.78. The maximum Gasteiger partial charge on any atom is 0.149 e. The minimum Gasteiger partial charge on any atom is -0.378 e. The third kappa shape index (κ3) is 3.42. The van der Waals surface area contributed by atoms with Crippen LogP contribution in [0.2, 0.25) is 0 Å². The fourth-order valence-electron chi connectivity index (χ4n) is 2.44. The van der Waals surface area contributed by atoms with Gasteiger partial charge in [-0.15, -0.1) is 0 Å². The maximum absolute atomic E-state index is 13.5. The normalized spacial score (nSPS) is 18.5. The molecule has 0 aliphatic heterocycles. The van der Waals surface area contributed by atoms with E-state index in [2.05, 4.69) is 5.32 Å². The summed E-state index contributed by atoms with van der Waals surface area (Å²) >= 11 is 0. The van der Waals surface area contributed by atoms with Crippen molar-refractivity contribution >= 4 is 5.69 Å². The molecule has 3 heteroatoms. The van der Waals surface area contributed by atoms with Gasteiger partial charge in [0.1, 0.15) is 17.3 Å². The summed E-state index contributed by atoms with van der Waals surface area (Å²) in [4.78, 5) is 0. The Kier molecular flexibility index (Phi) is 4.35. The quantitative estimate of drug-likeness (QED) is 0.801. The molecule has 0 saturated heterocycles.